The number of anilines is 2. The second-order valence-corrected chi connectivity index (χ2v) is 10.4. The summed E-state index contributed by atoms with van der Waals surface area (Å²) in [5.74, 6) is 1.20. The van der Waals surface area contributed by atoms with Gasteiger partial charge in [-0.3, -0.25) is 0 Å². The van der Waals surface area contributed by atoms with E-state index in [9.17, 15) is 8.42 Å². The third kappa shape index (κ3) is 4.15. The van der Waals surface area contributed by atoms with Gasteiger partial charge in [0.15, 0.2) is 9.84 Å². The van der Waals surface area contributed by atoms with E-state index in [1.807, 2.05) is 78.7 Å². The van der Waals surface area contributed by atoms with Crippen LogP contribution in [0.5, 0.6) is 0 Å². The first-order valence-electron chi connectivity index (χ1n) is 10.2. The highest BCUT2D eigenvalue weighted by molar-refractivity contribution is 7.89. The van der Waals surface area contributed by atoms with Crippen molar-refractivity contribution in [2.75, 3.05) is 18.2 Å². The molecule has 0 amide bonds. The molecule has 0 radical (unpaired) electrons. The molecule has 0 fully saturated rings. The van der Waals surface area contributed by atoms with Gasteiger partial charge in [0.25, 0.3) is 5.78 Å². The van der Waals surface area contributed by atoms with Crippen molar-refractivity contribution in [3.8, 4) is 11.1 Å². The zero-order valence-electron chi connectivity index (χ0n) is 18.0. The molecule has 0 aliphatic heterocycles. The van der Waals surface area contributed by atoms with Crippen LogP contribution in [-0.2, 0) is 15.6 Å². The summed E-state index contributed by atoms with van der Waals surface area (Å²) in [6.45, 7) is 0. The summed E-state index contributed by atoms with van der Waals surface area (Å²) in [7, 11) is -1.11. The lowest BCUT2D eigenvalue weighted by atomic mass is 10.0. The molecule has 0 saturated carbocycles. The SMILES string of the molecule is CN(c1cccc(-c2ccc(CS(C)(=O)=O)cc2)c1)c1nc2nnc(Cl)n2c2ccccc12. The molecule has 0 atom stereocenters. The molecule has 3 aromatic carbocycles. The molecule has 5 rings (SSSR count). The summed E-state index contributed by atoms with van der Waals surface area (Å²) < 4.78 is 24.8. The van der Waals surface area contributed by atoms with Gasteiger partial charge in [0.1, 0.15) is 5.82 Å². The van der Waals surface area contributed by atoms with Gasteiger partial charge in [0, 0.05) is 24.4 Å². The van der Waals surface area contributed by atoms with E-state index in [4.69, 9.17) is 16.6 Å². The van der Waals surface area contributed by atoms with Crippen LogP contribution in [0.4, 0.5) is 11.5 Å². The summed E-state index contributed by atoms with van der Waals surface area (Å²) in [4.78, 5) is 6.73. The van der Waals surface area contributed by atoms with Crippen molar-refractivity contribution in [2.45, 2.75) is 5.75 Å². The Morgan fingerprint density at radius 1 is 0.939 bits per heavy atom. The molecule has 2 heterocycles. The van der Waals surface area contributed by atoms with Gasteiger partial charge in [-0.15, -0.1) is 10.2 Å². The predicted octanol–water partition coefficient (Wildman–Crippen LogP) is 4.91. The number of hydrogen-bond donors (Lipinski definition) is 0. The van der Waals surface area contributed by atoms with E-state index in [0.717, 1.165) is 39.1 Å². The Morgan fingerprint density at radius 2 is 1.70 bits per heavy atom. The van der Waals surface area contributed by atoms with Crippen LogP contribution in [0, 0.1) is 0 Å². The first-order chi connectivity index (χ1) is 15.8. The second kappa shape index (κ2) is 8.13. The molecule has 33 heavy (non-hydrogen) atoms. The first kappa shape index (κ1) is 21.4. The van der Waals surface area contributed by atoms with Crippen LogP contribution >= 0.6 is 11.6 Å². The standard InChI is InChI=1S/C24H20ClN5O2S/c1-29(22-20-8-3-4-9-21(20)30-23(25)27-28-24(30)26-22)19-7-5-6-18(14-19)17-12-10-16(11-13-17)15-33(2,31)32/h3-14H,15H2,1-2H3. The normalized spacial score (nSPS) is 11.8. The summed E-state index contributed by atoms with van der Waals surface area (Å²) in [6.07, 6.45) is 1.24. The van der Waals surface area contributed by atoms with Crippen molar-refractivity contribution in [3.63, 3.8) is 0 Å². The van der Waals surface area contributed by atoms with Gasteiger partial charge in [-0.1, -0.05) is 48.5 Å². The molecule has 0 aliphatic carbocycles. The Kier molecular flexibility index (Phi) is 5.26. The van der Waals surface area contributed by atoms with Crippen molar-refractivity contribution < 1.29 is 8.42 Å². The number of nitrogens with zero attached hydrogens (tertiary/aromatic N) is 5. The van der Waals surface area contributed by atoms with Gasteiger partial charge in [-0.2, -0.15) is 4.98 Å². The topological polar surface area (TPSA) is 80.5 Å². The van der Waals surface area contributed by atoms with Crippen LogP contribution in [0.1, 0.15) is 5.56 Å². The van der Waals surface area contributed by atoms with Crippen LogP contribution in [0.3, 0.4) is 0 Å². The van der Waals surface area contributed by atoms with Crippen molar-refractivity contribution in [1.82, 2.24) is 19.6 Å². The van der Waals surface area contributed by atoms with Crippen LogP contribution in [-0.4, -0.2) is 41.3 Å². The molecular weight excluding hydrogens is 458 g/mol. The van der Waals surface area contributed by atoms with E-state index in [1.54, 1.807) is 4.40 Å². The number of halogens is 1. The number of aromatic nitrogens is 4. The average molecular weight is 478 g/mol. The Hall–Kier alpha value is -3.49. The molecule has 0 spiro atoms. The molecule has 0 N–H and O–H groups in total. The molecule has 166 valence electrons. The molecule has 0 unspecified atom stereocenters. The molecular formula is C24H20ClN5O2S. The number of para-hydroxylation sites is 1. The lowest BCUT2D eigenvalue weighted by molar-refractivity contribution is 0.601. The highest BCUT2D eigenvalue weighted by atomic mass is 35.5. The maximum absolute atomic E-state index is 11.6. The van der Waals surface area contributed by atoms with E-state index in [2.05, 4.69) is 16.3 Å². The molecule has 5 aromatic rings. The Balaban J connectivity index is 1.55. The van der Waals surface area contributed by atoms with Crippen molar-refractivity contribution in [1.29, 1.82) is 0 Å². The summed E-state index contributed by atoms with van der Waals surface area (Å²) >= 11 is 6.24. The Bertz CT molecular complexity index is 1600. The first-order valence-corrected chi connectivity index (χ1v) is 12.6. The van der Waals surface area contributed by atoms with Gasteiger partial charge in [0.2, 0.25) is 5.28 Å². The monoisotopic (exact) mass is 477 g/mol. The minimum atomic E-state index is -3.07. The number of hydrogen-bond acceptors (Lipinski definition) is 6. The molecule has 0 saturated heterocycles. The van der Waals surface area contributed by atoms with Crippen molar-refractivity contribution in [2.24, 2.45) is 0 Å². The van der Waals surface area contributed by atoms with Gasteiger partial charge in [0.05, 0.1) is 11.3 Å². The maximum Gasteiger partial charge on any atom is 0.258 e. The molecule has 7 nitrogen and oxygen atoms in total. The number of fused-ring (bicyclic) bond motifs is 3. The Labute approximate surface area is 196 Å². The highest BCUT2D eigenvalue weighted by Crippen LogP contribution is 2.33. The lowest BCUT2D eigenvalue weighted by Gasteiger charge is -2.21. The summed E-state index contributed by atoms with van der Waals surface area (Å²) in [5, 5.41) is 9.25. The molecule has 0 aliphatic rings. The highest BCUT2D eigenvalue weighted by Gasteiger charge is 2.16. The minimum Gasteiger partial charge on any atom is -0.329 e. The van der Waals surface area contributed by atoms with Crippen LogP contribution in [0.2, 0.25) is 5.28 Å². The number of benzene rings is 3. The minimum absolute atomic E-state index is 0.0317. The second-order valence-electron chi connectivity index (χ2n) is 7.93. The van der Waals surface area contributed by atoms with E-state index in [1.165, 1.54) is 6.26 Å². The lowest BCUT2D eigenvalue weighted by Crippen LogP contribution is -2.13. The smallest absolute Gasteiger partial charge is 0.258 e. The fraction of sp³-hybridized carbons (Fsp3) is 0.125. The van der Waals surface area contributed by atoms with Gasteiger partial charge < -0.3 is 4.90 Å². The van der Waals surface area contributed by atoms with E-state index < -0.39 is 9.84 Å². The van der Waals surface area contributed by atoms with Crippen molar-refractivity contribution >= 4 is 49.6 Å². The molecule has 9 heteroatoms. The van der Waals surface area contributed by atoms with Gasteiger partial charge in [-0.05, 0) is 52.6 Å². The quantitative estimate of drug-likeness (QED) is 0.358. The molecule has 0 bridgehead atoms. The third-order valence-electron chi connectivity index (χ3n) is 5.47. The summed E-state index contributed by atoms with van der Waals surface area (Å²) in [5.41, 5.74) is 4.60. The largest absolute Gasteiger partial charge is 0.329 e. The Morgan fingerprint density at radius 3 is 2.45 bits per heavy atom. The number of rotatable bonds is 5. The fourth-order valence-corrected chi connectivity index (χ4v) is 4.92. The summed E-state index contributed by atoms with van der Waals surface area (Å²) in [6, 6.07) is 23.5. The zero-order valence-corrected chi connectivity index (χ0v) is 19.5. The number of sulfone groups is 1. The zero-order chi connectivity index (χ0) is 23.2. The predicted molar refractivity (Wildman–Crippen MR) is 132 cm³/mol. The van der Waals surface area contributed by atoms with Crippen LogP contribution < -0.4 is 4.90 Å². The van der Waals surface area contributed by atoms with Gasteiger partial charge >= 0.3 is 0 Å². The average Bonchev–Trinajstić information content (AvgIpc) is 3.18. The molecule has 2 aromatic heterocycles. The van der Waals surface area contributed by atoms with E-state index in [-0.39, 0.29) is 11.0 Å². The third-order valence-corrected chi connectivity index (χ3v) is 6.57. The maximum atomic E-state index is 11.6. The fourth-order valence-electron chi connectivity index (χ4n) is 3.92. The van der Waals surface area contributed by atoms with Gasteiger partial charge in [-0.25, -0.2) is 12.8 Å². The van der Waals surface area contributed by atoms with E-state index >= 15 is 0 Å². The van der Waals surface area contributed by atoms with Crippen LogP contribution in [0.15, 0.2) is 72.8 Å². The van der Waals surface area contributed by atoms with Crippen molar-refractivity contribution in [3.05, 3.63) is 83.6 Å². The van der Waals surface area contributed by atoms with E-state index in [0.29, 0.717) is 5.78 Å². The van der Waals surface area contributed by atoms with Crippen LogP contribution in [0.25, 0.3) is 27.8 Å².